The monoisotopic (exact) mass is 568 g/mol. The predicted octanol–water partition coefficient (Wildman–Crippen LogP) is 10.1. The molecule has 0 amide bonds. The second-order valence-electron chi connectivity index (χ2n) is 10.7. The third-order valence-electron chi connectivity index (χ3n) is 8.26. The van der Waals surface area contributed by atoms with Gasteiger partial charge in [0.25, 0.3) is 0 Å². The molecule has 0 saturated carbocycles. The highest BCUT2D eigenvalue weighted by molar-refractivity contribution is 7.18. The number of para-hydroxylation sites is 2. The molecule has 0 aliphatic carbocycles. The van der Waals surface area contributed by atoms with Gasteiger partial charge in [0, 0.05) is 33.3 Å². The molecule has 9 rings (SSSR count). The molecule has 43 heavy (non-hydrogen) atoms. The molecule has 4 aromatic heterocycles. The first kappa shape index (κ1) is 24.1. The molecule has 202 valence electrons. The number of aromatic nitrogens is 4. The number of thiazole rings is 1. The van der Waals surface area contributed by atoms with Crippen LogP contribution < -0.4 is 0 Å². The molecular formula is C38H24N4S. The van der Waals surface area contributed by atoms with Gasteiger partial charge in [-0.3, -0.25) is 9.55 Å². The van der Waals surface area contributed by atoms with Crippen LogP contribution in [-0.4, -0.2) is 19.1 Å². The summed E-state index contributed by atoms with van der Waals surface area (Å²) in [6.07, 6.45) is 3.78. The molecule has 0 aliphatic heterocycles. The lowest BCUT2D eigenvalue weighted by molar-refractivity contribution is 1.11. The van der Waals surface area contributed by atoms with Gasteiger partial charge < -0.3 is 4.57 Å². The SMILES string of the molecule is c1ccc(-c2nc(-n3c4ccccc4c4ccc5c6ccccc6n(-c6cccnc6)c5c43)sc2-c2ccccc2)cc1. The van der Waals surface area contributed by atoms with E-state index in [1.807, 2.05) is 18.5 Å². The highest BCUT2D eigenvalue weighted by atomic mass is 32.1. The zero-order chi connectivity index (χ0) is 28.3. The van der Waals surface area contributed by atoms with Gasteiger partial charge in [-0.1, -0.05) is 121 Å². The number of hydrogen-bond donors (Lipinski definition) is 0. The second kappa shape index (κ2) is 9.51. The van der Waals surface area contributed by atoms with Crippen molar-refractivity contribution in [3.05, 3.63) is 146 Å². The van der Waals surface area contributed by atoms with Crippen molar-refractivity contribution in [3.8, 4) is 32.5 Å². The number of rotatable bonds is 4. The fraction of sp³-hybridized carbons (Fsp3) is 0. The normalized spacial score (nSPS) is 11.7. The van der Waals surface area contributed by atoms with Crippen LogP contribution in [0.4, 0.5) is 0 Å². The zero-order valence-electron chi connectivity index (χ0n) is 23.1. The van der Waals surface area contributed by atoms with Crippen molar-refractivity contribution in [1.29, 1.82) is 0 Å². The predicted molar refractivity (Wildman–Crippen MR) is 179 cm³/mol. The van der Waals surface area contributed by atoms with Crippen LogP contribution in [0.3, 0.4) is 0 Å². The maximum absolute atomic E-state index is 5.42. The van der Waals surface area contributed by atoms with Gasteiger partial charge in [-0.15, -0.1) is 0 Å². The van der Waals surface area contributed by atoms with Crippen LogP contribution in [0.5, 0.6) is 0 Å². The molecule has 0 unspecified atom stereocenters. The first-order valence-corrected chi connectivity index (χ1v) is 15.2. The van der Waals surface area contributed by atoms with Crippen molar-refractivity contribution in [3.63, 3.8) is 0 Å². The molecule has 0 spiro atoms. The van der Waals surface area contributed by atoms with Gasteiger partial charge in [0.05, 0.1) is 44.5 Å². The Balaban J connectivity index is 1.47. The van der Waals surface area contributed by atoms with Crippen molar-refractivity contribution in [2.24, 2.45) is 0 Å². The molecule has 0 N–H and O–H groups in total. The van der Waals surface area contributed by atoms with Gasteiger partial charge in [0.15, 0.2) is 5.13 Å². The summed E-state index contributed by atoms with van der Waals surface area (Å²) < 4.78 is 4.74. The molecule has 4 nitrogen and oxygen atoms in total. The Bertz CT molecular complexity index is 2380. The first-order chi connectivity index (χ1) is 21.4. The van der Waals surface area contributed by atoms with E-state index in [9.17, 15) is 0 Å². The molecule has 0 fully saturated rings. The summed E-state index contributed by atoms with van der Waals surface area (Å²) in [6.45, 7) is 0. The van der Waals surface area contributed by atoms with Gasteiger partial charge in [-0.05, 0) is 29.8 Å². The van der Waals surface area contributed by atoms with Crippen molar-refractivity contribution in [1.82, 2.24) is 19.1 Å². The first-order valence-electron chi connectivity index (χ1n) is 14.3. The van der Waals surface area contributed by atoms with E-state index in [2.05, 4.69) is 142 Å². The number of pyridine rings is 1. The Labute approximate surface area is 251 Å². The van der Waals surface area contributed by atoms with Crippen molar-refractivity contribution >= 4 is 54.9 Å². The largest absolute Gasteiger partial charge is 0.306 e. The van der Waals surface area contributed by atoms with Crippen LogP contribution in [0.1, 0.15) is 0 Å². The molecule has 5 aromatic carbocycles. The van der Waals surface area contributed by atoms with E-state index in [-0.39, 0.29) is 0 Å². The molecule has 9 aromatic rings. The van der Waals surface area contributed by atoms with E-state index >= 15 is 0 Å². The summed E-state index contributed by atoms with van der Waals surface area (Å²) in [5, 5.41) is 5.78. The molecule has 4 heterocycles. The lowest BCUT2D eigenvalue weighted by Gasteiger charge is -2.10. The second-order valence-corrected chi connectivity index (χ2v) is 11.7. The lowest BCUT2D eigenvalue weighted by atomic mass is 10.1. The van der Waals surface area contributed by atoms with E-state index in [1.165, 1.54) is 27.1 Å². The lowest BCUT2D eigenvalue weighted by Crippen LogP contribution is -1.98. The van der Waals surface area contributed by atoms with Crippen LogP contribution in [0.25, 0.3) is 76.1 Å². The summed E-state index contributed by atoms with van der Waals surface area (Å²) in [4.78, 5) is 11.1. The Kier molecular flexibility index (Phi) is 5.33. The average Bonchev–Trinajstić information content (AvgIpc) is 3.76. The van der Waals surface area contributed by atoms with Crippen LogP contribution in [0.15, 0.2) is 146 Å². The van der Waals surface area contributed by atoms with Gasteiger partial charge in [-0.25, -0.2) is 4.98 Å². The van der Waals surface area contributed by atoms with E-state index in [4.69, 9.17) is 4.98 Å². The van der Waals surface area contributed by atoms with Gasteiger partial charge in [0.1, 0.15) is 0 Å². The van der Waals surface area contributed by atoms with E-state index in [1.54, 1.807) is 11.3 Å². The van der Waals surface area contributed by atoms with Gasteiger partial charge >= 0.3 is 0 Å². The fourth-order valence-electron chi connectivity index (χ4n) is 6.43. The number of nitrogens with zero attached hydrogens (tertiary/aromatic N) is 4. The maximum atomic E-state index is 5.42. The minimum Gasteiger partial charge on any atom is -0.306 e. The number of hydrogen-bond acceptors (Lipinski definition) is 3. The van der Waals surface area contributed by atoms with E-state index in [0.29, 0.717) is 0 Å². The van der Waals surface area contributed by atoms with Crippen LogP contribution in [0, 0.1) is 0 Å². The minimum atomic E-state index is 0.944. The summed E-state index contributed by atoms with van der Waals surface area (Å²) in [5.74, 6) is 0. The third-order valence-corrected chi connectivity index (χ3v) is 9.35. The van der Waals surface area contributed by atoms with Crippen LogP contribution in [0.2, 0.25) is 0 Å². The summed E-state index contributed by atoms with van der Waals surface area (Å²) >= 11 is 1.74. The number of fused-ring (bicyclic) bond motifs is 7. The summed E-state index contributed by atoms with van der Waals surface area (Å²) in [7, 11) is 0. The summed E-state index contributed by atoms with van der Waals surface area (Å²) in [5.41, 5.74) is 8.90. The fourth-order valence-corrected chi connectivity index (χ4v) is 7.55. The Morgan fingerprint density at radius 2 is 1.07 bits per heavy atom. The van der Waals surface area contributed by atoms with Crippen molar-refractivity contribution in [2.45, 2.75) is 0 Å². The van der Waals surface area contributed by atoms with E-state index < -0.39 is 0 Å². The van der Waals surface area contributed by atoms with Crippen LogP contribution in [-0.2, 0) is 0 Å². The smallest absolute Gasteiger partial charge is 0.195 e. The van der Waals surface area contributed by atoms with Crippen LogP contribution >= 0.6 is 11.3 Å². The number of benzene rings is 5. The minimum absolute atomic E-state index is 0.944. The van der Waals surface area contributed by atoms with Crippen molar-refractivity contribution in [2.75, 3.05) is 0 Å². The molecule has 0 radical (unpaired) electrons. The highest BCUT2D eigenvalue weighted by Crippen LogP contribution is 2.44. The molecule has 0 atom stereocenters. The molecular weight excluding hydrogens is 545 g/mol. The van der Waals surface area contributed by atoms with Gasteiger partial charge in [0.2, 0.25) is 0 Å². The quantitative estimate of drug-likeness (QED) is 0.212. The third kappa shape index (κ3) is 3.62. The molecule has 0 bridgehead atoms. The molecule has 0 saturated heterocycles. The van der Waals surface area contributed by atoms with Crippen molar-refractivity contribution < 1.29 is 0 Å². The van der Waals surface area contributed by atoms with Gasteiger partial charge in [-0.2, -0.15) is 0 Å². The highest BCUT2D eigenvalue weighted by Gasteiger charge is 2.24. The Morgan fingerprint density at radius 1 is 0.488 bits per heavy atom. The Hall–Kier alpha value is -5.52. The standard InChI is InChI=1S/C38H24N4S/c1-3-12-25(13-4-1)34-37(26-14-5-2-6-15-26)43-38(40-34)42-33-20-10-8-18-29(33)31-22-21-30-28-17-7-9-19-32(28)41(35(30)36(31)42)27-16-11-23-39-24-27/h1-24H. The Morgan fingerprint density at radius 3 is 1.72 bits per heavy atom. The zero-order valence-corrected chi connectivity index (χ0v) is 23.9. The van der Waals surface area contributed by atoms with E-state index in [0.717, 1.165) is 49.0 Å². The maximum Gasteiger partial charge on any atom is 0.195 e. The molecule has 5 heteroatoms. The molecule has 0 aliphatic rings. The average molecular weight is 569 g/mol. The summed E-state index contributed by atoms with van der Waals surface area (Å²) in [6, 6.07) is 47.1. The topological polar surface area (TPSA) is 35.6 Å².